The van der Waals surface area contributed by atoms with E-state index in [2.05, 4.69) is 5.32 Å². The standard InChI is InChI=1S/C18H33NO13/c1-5-9(23)11(25)13(27)17(29-5)32-16-8(4-22)30-18(14(28)12(16)26)31-15-7(3-21)19-6(2-20)10(15)24/h5-28H,2-4H2,1H3/t5-,6-,7+,8-,9-,10+,11+,12-,13-,14-,15-,16-,17+,18-/m1/s1. The summed E-state index contributed by atoms with van der Waals surface area (Å²) in [4.78, 5) is 0. The van der Waals surface area contributed by atoms with E-state index in [0.717, 1.165) is 0 Å². The maximum Gasteiger partial charge on any atom is 0.187 e. The Morgan fingerprint density at radius 2 is 1.19 bits per heavy atom. The van der Waals surface area contributed by atoms with Crippen LogP contribution in [0.15, 0.2) is 0 Å². The molecule has 0 radical (unpaired) electrons. The van der Waals surface area contributed by atoms with Gasteiger partial charge >= 0.3 is 0 Å². The van der Waals surface area contributed by atoms with Gasteiger partial charge in [0.05, 0.1) is 44.1 Å². The highest BCUT2D eigenvalue weighted by atomic mass is 16.7. The molecule has 32 heavy (non-hydrogen) atoms. The van der Waals surface area contributed by atoms with Crippen LogP contribution in [0.3, 0.4) is 0 Å². The lowest BCUT2D eigenvalue weighted by molar-refractivity contribution is -0.362. The first-order chi connectivity index (χ1) is 15.1. The zero-order valence-electron chi connectivity index (χ0n) is 17.4. The predicted molar refractivity (Wildman–Crippen MR) is 101 cm³/mol. The molecule has 0 amide bonds. The minimum Gasteiger partial charge on any atom is -0.395 e. The summed E-state index contributed by atoms with van der Waals surface area (Å²) in [5.41, 5.74) is 0. The Labute approximate surface area is 183 Å². The normalized spacial score (nSPS) is 52.3. The van der Waals surface area contributed by atoms with Gasteiger partial charge in [0.25, 0.3) is 0 Å². The van der Waals surface area contributed by atoms with E-state index in [4.69, 9.17) is 18.9 Å². The monoisotopic (exact) mass is 471 g/mol. The van der Waals surface area contributed by atoms with Crippen molar-refractivity contribution in [1.29, 1.82) is 0 Å². The molecule has 0 aromatic rings. The molecule has 14 heteroatoms. The van der Waals surface area contributed by atoms with E-state index in [1.54, 1.807) is 0 Å². The van der Waals surface area contributed by atoms with Crippen molar-refractivity contribution in [1.82, 2.24) is 5.32 Å². The molecule has 0 saturated carbocycles. The first-order valence-corrected chi connectivity index (χ1v) is 10.4. The zero-order chi connectivity index (χ0) is 23.7. The zero-order valence-corrected chi connectivity index (χ0v) is 17.4. The van der Waals surface area contributed by atoms with Gasteiger partial charge in [0.15, 0.2) is 12.6 Å². The Hall–Kier alpha value is -0.560. The molecular formula is C18H33NO13. The molecule has 3 heterocycles. The van der Waals surface area contributed by atoms with Gasteiger partial charge in [-0.15, -0.1) is 0 Å². The van der Waals surface area contributed by atoms with E-state index in [9.17, 15) is 46.0 Å². The molecule has 3 rings (SSSR count). The largest absolute Gasteiger partial charge is 0.395 e. The summed E-state index contributed by atoms with van der Waals surface area (Å²) < 4.78 is 21.9. The van der Waals surface area contributed by atoms with E-state index in [1.807, 2.05) is 0 Å². The summed E-state index contributed by atoms with van der Waals surface area (Å²) in [5, 5.41) is 92.6. The fraction of sp³-hybridized carbons (Fsp3) is 1.00. The van der Waals surface area contributed by atoms with Gasteiger partial charge in [0, 0.05) is 0 Å². The number of nitrogens with one attached hydrogen (secondary N) is 1. The van der Waals surface area contributed by atoms with Crippen molar-refractivity contribution in [2.75, 3.05) is 19.8 Å². The second-order valence-electron chi connectivity index (χ2n) is 8.32. The molecule has 0 spiro atoms. The van der Waals surface area contributed by atoms with E-state index < -0.39 is 106 Å². The van der Waals surface area contributed by atoms with Crippen molar-refractivity contribution in [3.63, 3.8) is 0 Å². The minimum atomic E-state index is -1.74. The number of ether oxygens (including phenoxy) is 4. The third-order valence-electron chi connectivity index (χ3n) is 6.18. The SMILES string of the molecule is C[C@H]1O[C@@H](O[C@H]2[C@H](O)[C@@H](O)[C@@H](O[C@H]3[C@@H](O)[C@@H](CO)N[C@H]3CO)O[C@@H]2CO)[C@H](O)[C@@H](O)[C@@H]1O. The molecule has 14 atom stereocenters. The highest BCUT2D eigenvalue weighted by Crippen LogP contribution is 2.31. The Bertz CT molecular complexity index is 597. The quantitative estimate of drug-likeness (QED) is 0.166. The molecular weight excluding hydrogens is 438 g/mol. The summed E-state index contributed by atoms with van der Waals surface area (Å²) in [6.07, 6.45) is -17.1. The van der Waals surface area contributed by atoms with Crippen LogP contribution in [0.1, 0.15) is 6.92 Å². The Balaban J connectivity index is 1.69. The van der Waals surface area contributed by atoms with Gasteiger partial charge in [-0.05, 0) is 6.92 Å². The van der Waals surface area contributed by atoms with Crippen molar-refractivity contribution < 1.29 is 64.9 Å². The van der Waals surface area contributed by atoms with Gasteiger partial charge in [0.2, 0.25) is 0 Å². The lowest BCUT2D eigenvalue weighted by Gasteiger charge is -2.46. The van der Waals surface area contributed by atoms with Crippen molar-refractivity contribution in [3.05, 3.63) is 0 Å². The highest BCUT2D eigenvalue weighted by molar-refractivity contribution is 5.00. The summed E-state index contributed by atoms with van der Waals surface area (Å²) >= 11 is 0. The second-order valence-corrected chi connectivity index (χ2v) is 8.32. The molecule has 0 aromatic heterocycles. The van der Waals surface area contributed by atoms with Crippen LogP contribution in [0.5, 0.6) is 0 Å². The molecule has 188 valence electrons. The molecule has 3 aliphatic rings. The molecule has 14 nitrogen and oxygen atoms in total. The lowest BCUT2D eigenvalue weighted by atomic mass is 9.97. The van der Waals surface area contributed by atoms with Crippen LogP contribution < -0.4 is 5.32 Å². The van der Waals surface area contributed by atoms with Gasteiger partial charge in [0.1, 0.15) is 48.8 Å². The molecule has 0 aliphatic carbocycles. The maximum absolute atomic E-state index is 10.6. The first-order valence-electron chi connectivity index (χ1n) is 10.4. The van der Waals surface area contributed by atoms with Crippen LogP contribution in [0.2, 0.25) is 0 Å². The van der Waals surface area contributed by atoms with Crippen LogP contribution in [0.25, 0.3) is 0 Å². The number of aliphatic hydroxyl groups is 9. The topological polar surface area (TPSA) is 231 Å². The van der Waals surface area contributed by atoms with E-state index in [0.29, 0.717) is 0 Å². The Kier molecular flexibility index (Phi) is 8.79. The molecule has 0 aromatic carbocycles. The average Bonchev–Trinajstić information content (AvgIpc) is 3.09. The van der Waals surface area contributed by atoms with Crippen molar-refractivity contribution in [2.45, 2.75) is 92.6 Å². The van der Waals surface area contributed by atoms with E-state index in [1.165, 1.54) is 6.92 Å². The van der Waals surface area contributed by atoms with Gasteiger partial charge in [-0.1, -0.05) is 0 Å². The van der Waals surface area contributed by atoms with Crippen molar-refractivity contribution in [2.24, 2.45) is 0 Å². The summed E-state index contributed by atoms with van der Waals surface area (Å²) in [6.45, 7) is -0.162. The number of hydrogen-bond donors (Lipinski definition) is 10. The predicted octanol–water partition coefficient (Wildman–Crippen LogP) is -6.29. The number of rotatable bonds is 7. The van der Waals surface area contributed by atoms with Crippen molar-refractivity contribution in [3.8, 4) is 0 Å². The molecule has 0 unspecified atom stereocenters. The summed E-state index contributed by atoms with van der Waals surface area (Å²) in [5.74, 6) is 0. The smallest absolute Gasteiger partial charge is 0.187 e. The van der Waals surface area contributed by atoms with Crippen LogP contribution in [0, 0.1) is 0 Å². The first kappa shape index (κ1) is 26.1. The molecule has 3 fully saturated rings. The molecule has 10 N–H and O–H groups in total. The van der Waals surface area contributed by atoms with Crippen molar-refractivity contribution >= 4 is 0 Å². The molecule has 3 aliphatic heterocycles. The third kappa shape index (κ3) is 4.94. The van der Waals surface area contributed by atoms with Gasteiger partial charge in [-0.3, -0.25) is 0 Å². The fourth-order valence-electron chi connectivity index (χ4n) is 4.20. The third-order valence-corrected chi connectivity index (χ3v) is 6.18. The number of aliphatic hydroxyl groups excluding tert-OH is 9. The number of hydrogen-bond acceptors (Lipinski definition) is 14. The van der Waals surface area contributed by atoms with Gasteiger partial charge < -0.3 is 70.2 Å². The maximum atomic E-state index is 10.6. The van der Waals surface area contributed by atoms with Crippen LogP contribution >= 0.6 is 0 Å². The lowest BCUT2D eigenvalue weighted by Crippen LogP contribution is -2.64. The molecule has 0 bridgehead atoms. The fourth-order valence-corrected chi connectivity index (χ4v) is 4.20. The van der Waals surface area contributed by atoms with Gasteiger partial charge in [-0.2, -0.15) is 0 Å². The highest BCUT2D eigenvalue weighted by Gasteiger charge is 2.52. The average molecular weight is 471 g/mol. The van der Waals surface area contributed by atoms with E-state index >= 15 is 0 Å². The van der Waals surface area contributed by atoms with Crippen LogP contribution in [0.4, 0.5) is 0 Å². The molecule has 3 saturated heterocycles. The Morgan fingerprint density at radius 3 is 1.78 bits per heavy atom. The van der Waals surface area contributed by atoms with Gasteiger partial charge in [-0.25, -0.2) is 0 Å². The summed E-state index contributed by atoms with van der Waals surface area (Å²) in [7, 11) is 0. The van der Waals surface area contributed by atoms with E-state index in [-0.39, 0.29) is 0 Å². The van der Waals surface area contributed by atoms with Crippen LogP contribution in [-0.4, -0.2) is 151 Å². The minimum absolute atomic E-state index is 0.438. The summed E-state index contributed by atoms with van der Waals surface area (Å²) in [6, 6.07) is -1.59. The second kappa shape index (κ2) is 10.8. The Morgan fingerprint density at radius 1 is 0.625 bits per heavy atom. The van der Waals surface area contributed by atoms with Crippen LogP contribution in [-0.2, 0) is 18.9 Å².